The number of benzene rings is 2. The molecule has 0 aliphatic rings. The van der Waals surface area contributed by atoms with Gasteiger partial charge in [0.05, 0.1) is 7.11 Å². The van der Waals surface area contributed by atoms with Crippen molar-refractivity contribution < 1.29 is 18.3 Å². The smallest absolute Gasteiger partial charge is 0.418 e. The van der Waals surface area contributed by atoms with E-state index >= 15 is 0 Å². The molecule has 0 saturated carbocycles. The second-order valence-corrected chi connectivity index (χ2v) is 4.35. The summed E-state index contributed by atoms with van der Waals surface area (Å²) in [6.45, 7) is 0. The summed E-state index contributed by atoms with van der Waals surface area (Å²) >= 11 is 0. The van der Waals surface area contributed by atoms with E-state index < -0.39 is 8.25 Å². The molecule has 0 radical (unpaired) electrons. The van der Waals surface area contributed by atoms with Gasteiger partial charge in [-0.1, -0.05) is 24.3 Å². The molecule has 0 aliphatic carbocycles. The van der Waals surface area contributed by atoms with Crippen LogP contribution in [0, 0.1) is 0 Å². The molecule has 0 aliphatic heterocycles. The quantitative estimate of drug-likeness (QED) is 0.775. The van der Waals surface area contributed by atoms with Crippen molar-refractivity contribution >= 4 is 8.25 Å². The van der Waals surface area contributed by atoms with E-state index in [1.807, 2.05) is 6.07 Å². The van der Waals surface area contributed by atoms with E-state index in [4.69, 9.17) is 13.8 Å². The van der Waals surface area contributed by atoms with Crippen molar-refractivity contribution in [3.63, 3.8) is 0 Å². The molecule has 0 spiro atoms. The van der Waals surface area contributed by atoms with Crippen molar-refractivity contribution in [1.29, 1.82) is 0 Å². The number of ether oxygens (including phenoxy) is 1. The molecule has 4 nitrogen and oxygen atoms in total. The molecule has 2 rings (SSSR count). The standard InChI is InChI=1S/C13H13O4P/c1-15-12-8-5-9-13(10-12)17-18(14)16-11-6-3-2-4-7-11/h2-10,18H,1H3. The van der Waals surface area contributed by atoms with Crippen LogP contribution in [0.15, 0.2) is 54.6 Å². The third kappa shape index (κ3) is 3.54. The molecule has 1 atom stereocenters. The Morgan fingerprint density at radius 1 is 0.833 bits per heavy atom. The molecule has 0 fully saturated rings. The third-order valence-corrected chi connectivity index (χ3v) is 2.99. The summed E-state index contributed by atoms with van der Waals surface area (Å²) in [5, 5.41) is 0. The molecule has 0 aromatic heterocycles. The molecule has 94 valence electrons. The lowest BCUT2D eigenvalue weighted by atomic mass is 10.3. The summed E-state index contributed by atoms with van der Waals surface area (Å²) in [7, 11) is -1.07. The van der Waals surface area contributed by atoms with Crippen LogP contribution in [0.4, 0.5) is 0 Å². The molecule has 2 aromatic carbocycles. The minimum Gasteiger partial charge on any atom is -0.497 e. The van der Waals surface area contributed by atoms with Crippen molar-refractivity contribution in [3.05, 3.63) is 54.6 Å². The van der Waals surface area contributed by atoms with Gasteiger partial charge in [0.2, 0.25) is 0 Å². The highest BCUT2D eigenvalue weighted by molar-refractivity contribution is 7.34. The van der Waals surface area contributed by atoms with Crippen LogP contribution in [-0.2, 0) is 4.57 Å². The first-order valence-corrected chi connectivity index (χ1v) is 6.59. The fourth-order valence-electron chi connectivity index (χ4n) is 1.37. The van der Waals surface area contributed by atoms with Crippen LogP contribution in [-0.4, -0.2) is 7.11 Å². The molecular weight excluding hydrogens is 251 g/mol. The van der Waals surface area contributed by atoms with Crippen LogP contribution in [0.5, 0.6) is 17.2 Å². The largest absolute Gasteiger partial charge is 0.497 e. The van der Waals surface area contributed by atoms with Crippen molar-refractivity contribution in [2.24, 2.45) is 0 Å². The summed E-state index contributed by atoms with van der Waals surface area (Å²) < 4.78 is 27.1. The van der Waals surface area contributed by atoms with Crippen molar-refractivity contribution in [3.8, 4) is 17.2 Å². The molecule has 0 bridgehead atoms. The van der Waals surface area contributed by atoms with Gasteiger partial charge in [0.25, 0.3) is 0 Å². The lowest BCUT2D eigenvalue weighted by molar-refractivity contribution is 0.403. The van der Waals surface area contributed by atoms with Gasteiger partial charge in [0.1, 0.15) is 17.2 Å². The van der Waals surface area contributed by atoms with E-state index in [1.165, 1.54) is 0 Å². The maximum Gasteiger partial charge on any atom is 0.418 e. The van der Waals surface area contributed by atoms with E-state index in [0.717, 1.165) is 0 Å². The highest BCUT2D eigenvalue weighted by Gasteiger charge is 2.04. The Balaban J connectivity index is 1.99. The Morgan fingerprint density at radius 2 is 1.44 bits per heavy atom. The molecule has 0 heterocycles. The monoisotopic (exact) mass is 264 g/mol. The molecule has 0 N–H and O–H groups in total. The van der Waals surface area contributed by atoms with E-state index in [2.05, 4.69) is 0 Å². The minimum atomic E-state index is -2.62. The summed E-state index contributed by atoms with van der Waals surface area (Å²) in [4.78, 5) is 0. The fourth-order valence-corrected chi connectivity index (χ4v) is 2.06. The maximum atomic E-state index is 11.7. The highest BCUT2D eigenvalue weighted by atomic mass is 31.1. The van der Waals surface area contributed by atoms with Gasteiger partial charge in [-0.05, 0) is 24.3 Å². The van der Waals surface area contributed by atoms with Gasteiger partial charge in [-0.25, -0.2) is 4.57 Å². The number of rotatable bonds is 5. The molecule has 0 amide bonds. The summed E-state index contributed by atoms with van der Waals surface area (Å²) in [6.07, 6.45) is 0. The molecule has 0 saturated heterocycles. The van der Waals surface area contributed by atoms with E-state index in [-0.39, 0.29) is 0 Å². The Kier molecular flexibility index (Phi) is 4.26. The van der Waals surface area contributed by atoms with Gasteiger partial charge in [-0.2, -0.15) is 0 Å². The predicted molar refractivity (Wildman–Crippen MR) is 69.7 cm³/mol. The van der Waals surface area contributed by atoms with Gasteiger partial charge >= 0.3 is 8.25 Å². The first kappa shape index (κ1) is 12.5. The number of methoxy groups -OCH3 is 1. The summed E-state index contributed by atoms with van der Waals surface area (Å²) in [5.41, 5.74) is 0. The van der Waals surface area contributed by atoms with Gasteiger partial charge in [0.15, 0.2) is 0 Å². The lowest BCUT2D eigenvalue weighted by Gasteiger charge is -2.08. The molecular formula is C13H13O4P. The number of para-hydroxylation sites is 1. The average Bonchev–Trinajstić information content (AvgIpc) is 2.40. The van der Waals surface area contributed by atoms with E-state index in [9.17, 15) is 4.57 Å². The maximum absolute atomic E-state index is 11.7. The second-order valence-electron chi connectivity index (χ2n) is 3.45. The third-order valence-electron chi connectivity index (χ3n) is 2.19. The first-order valence-electron chi connectivity index (χ1n) is 5.37. The van der Waals surface area contributed by atoms with Crippen molar-refractivity contribution in [1.82, 2.24) is 0 Å². The average molecular weight is 264 g/mol. The van der Waals surface area contributed by atoms with Crippen LogP contribution in [0.25, 0.3) is 0 Å². The summed E-state index contributed by atoms with van der Waals surface area (Å²) in [5.74, 6) is 1.61. The Bertz CT molecular complexity index is 528. The van der Waals surface area contributed by atoms with Crippen molar-refractivity contribution in [2.75, 3.05) is 7.11 Å². The Hall–Kier alpha value is -1.93. The zero-order valence-electron chi connectivity index (χ0n) is 9.83. The van der Waals surface area contributed by atoms with Crippen molar-refractivity contribution in [2.45, 2.75) is 0 Å². The van der Waals surface area contributed by atoms with Gasteiger partial charge < -0.3 is 13.8 Å². The predicted octanol–water partition coefficient (Wildman–Crippen LogP) is 3.54. The van der Waals surface area contributed by atoms with Crippen LogP contribution in [0.1, 0.15) is 0 Å². The van der Waals surface area contributed by atoms with Gasteiger partial charge in [-0.3, -0.25) is 0 Å². The van der Waals surface area contributed by atoms with E-state index in [0.29, 0.717) is 17.2 Å². The molecule has 1 unspecified atom stereocenters. The Morgan fingerprint density at radius 3 is 2.17 bits per heavy atom. The van der Waals surface area contributed by atoms with E-state index in [1.54, 1.807) is 55.6 Å². The molecule has 5 heteroatoms. The van der Waals surface area contributed by atoms with Gasteiger partial charge in [0, 0.05) is 6.07 Å². The normalized spacial score (nSPS) is 11.6. The molecule has 18 heavy (non-hydrogen) atoms. The summed E-state index contributed by atoms with van der Waals surface area (Å²) in [6, 6.07) is 15.8. The zero-order chi connectivity index (χ0) is 12.8. The second kappa shape index (κ2) is 6.12. The van der Waals surface area contributed by atoms with Crippen LogP contribution in [0.3, 0.4) is 0 Å². The highest BCUT2D eigenvalue weighted by Crippen LogP contribution is 2.31. The molecule has 2 aromatic rings. The van der Waals surface area contributed by atoms with Crippen LogP contribution >= 0.6 is 8.25 Å². The number of hydrogen-bond acceptors (Lipinski definition) is 4. The SMILES string of the molecule is COc1cccc(O[PH](=O)Oc2ccccc2)c1. The topological polar surface area (TPSA) is 44.8 Å². The fraction of sp³-hybridized carbons (Fsp3) is 0.0769. The Labute approximate surface area is 106 Å². The lowest BCUT2D eigenvalue weighted by Crippen LogP contribution is -1.89. The van der Waals surface area contributed by atoms with Crippen LogP contribution < -0.4 is 13.8 Å². The van der Waals surface area contributed by atoms with Crippen LogP contribution in [0.2, 0.25) is 0 Å². The number of hydrogen-bond donors (Lipinski definition) is 0. The first-order chi connectivity index (χ1) is 8.78. The minimum absolute atomic E-state index is 0.453. The van der Waals surface area contributed by atoms with Gasteiger partial charge in [-0.15, -0.1) is 0 Å². The zero-order valence-corrected chi connectivity index (χ0v) is 10.8.